The number of rotatable bonds is 5. The molecule has 1 aromatic heterocycles. The molecule has 3 nitrogen and oxygen atoms in total. The van der Waals surface area contributed by atoms with Gasteiger partial charge in [0.15, 0.2) is 0 Å². The van der Waals surface area contributed by atoms with Crippen molar-refractivity contribution >= 4 is 5.82 Å². The third-order valence-electron chi connectivity index (χ3n) is 3.13. The molecule has 3 heteroatoms. The summed E-state index contributed by atoms with van der Waals surface area (Å²) < 4.78 is 5.19. The molecule has 1 aliphatic carbocycles. The molecular weight excluding hydrogens is 200 g/mol. The molecule has 0 aromatic carbocycles. The Bertz CT molecular complexity index is 346. The van der Waals surface area contributed by atoms with Gasteiger partial charge >= 0.3 is 0 Å². The van der Waals surface area contributed by atoms with E-state index in [1.54, 1.807) is 13.3 Å². The predicted octanol–water partition coefficient (Wildman–Crippen LogP) is 2.94. The van der Waals surface area contributed by atoms with E-state index in [0.29, 0.717) is 12.0 Å². The van der Waals surface area contributed by atoms with Gasteiger partial charge in [-0.3, -0.25) is 0 Å². The largest absolute Gasteiger partial charge is 0.497 e. The van der Waals surface area contributed by atoms with E-state index in [-0.39, 0.29) is 0 Å². The van der Waals surface area contributed by atoms with Gasteiger partial charge in [0.1, 0.15) is 11.6 Å². The highest BCUT2D eigenvalue weighted by Crippen LogP contribution is 2.37. The topological polar surface area (TPSA) is 34.1 Å². The van der Waals surface area contributed by atoms with Crippen LogP contribution in [0.3, 0.4) is 0 Å². The SMILES string of the molecule is COc1ccnc(NC(C(C)C)C2CC2)c1. The Balaban J connectivity index is 2.05. The van der Waals surface area contributed by atoms with Crippen molar-refractivity contribution in [3.05, 3.63) is 18.3 Å². The monoisotopic (exact) mass is 220 g/mol. The normalized spacial score (nSPS) is 17.2. The smallest absolute Gasteiger partial charge is 0.129 e. The minimum atomic E-state index is 0.541. The molecule has 0 radical (unpaired) electrons. The number of methoxy groups -OCH3 is 1. The first-order valence-corrected chi connectivity index (χ1v) is 5.97. The van der Waals surface area contributed by atoms with Crippen molar-refractivity contribution in [3.8, 4) is 5.75 Å². The fourth-order valence-corrected chi connectivity index (χ4v) is 2.07. The number of ether oxygens (including phenoxy) is 1. The molecule has 88 valence electrons. The quantitative estimate of drug-likeness (QED) is 0.828. The number of nitrogens with zero attached hydrogens (tertiary/aromatic N) is 1. The van der Waals surface area contributed by atoms with Crippen LogP contribution in [0.25, 0.3) is 0 Å². The van der Waals surface area contributed by atoms with Crippen LogP contribution in [0.4, 0.5) is 5.82 Å². The maximum Gasteiger partial charge on any atom is 0.129 e. The van der Waals surface area contributed by atoms with Gasteiger partial charge in [-0.1, -0.05) is 13.8 Å². The zero-order chi connectivity index (χ0) is 11.5. The second-order valence-corrected chi connectivity index (χ2v) is 4.83. The second-order valence-electron chi connectivity index (χ2n) is 4.83. The lowest BCUT2D eigenvalue weighted by Crippen LogP contribution is -2.28. The number of hydrogen-bond donors (Lipinski definition) is 1. The van der Waals surface area contributed by atoms with E-state index in [4.69, 9.17) is 4.74 Å². The molecular formula is C13H20N2O. The van der Waals surface area contributed by atoms with E-state index in [1.165, 1.54) is 12.8 Å². The van der Waals surface area contributed by atoms with Crippen LogP contribution < -0.4 is 10.1 Å². The van der Waals surface area contributed by atoms with Gasteiger partial charge in [0.25, 0.3) is 0 Å². The minimum absolute atomic E-state index is 0.541. The summed E-state index contributed by atoms with van der Waals surface area (Å²) in [5.41, 5.74) is 0. The van der Waals surface area contributed by atoms with Gasteiger partial charge in [-0.05, 0) is 30.7 Å². The first kappa shape index (κ1) is 11.2. The maximum absolute atomic E-state index is 5.19. The number of pyridine rings is 1. The highest BCUT2D eigenvalue weighted by atomic mass is 16.5. The molecule has 0 spiro atoms. The molecule has 2 rings (SSSR count). The van der Waals surface area contributed by atoms with Crippen molar-refractivity contribution in [1.82, 2.24) is 4.98 Å². The Morgan fingerprint density at radius 1 is 1.44 bits per heavy atom. The lowest BCUT2D eigenvalue weighted by molar-refractivity contribution is 0.414. The van der Waals surface area contributed by atoms with E-state index in [0.717, 1.165) is 17.5 Å². The van der Waals surface area contributed by atoms with E-state index in [9.17, 15) is 0 Å². The van der Waals surface area contributed by atoms with Gasteiger partial charge in [0.05, 0.1) is 7.11 Å². The van der Waals surface area contributed by atoms with Crippen LogP contribution in [0.5, 0.6) is 5.75 Å². The minimum Gasteiger partial charge on any atom is -0.497 e. The fourth-order valence-electron chi connectivity index (χ4n) is 2.07. The summed E-state index contributed by atoms with van der Waals surface area (Å²) in [6, 6.07) is 4.37. The standard InChI is InChI=1S/C13H20N2O/c1-9(2)13(10-4-5-10)15-12-8-11(16-3)6-7-14-12/h6-10,13H,4-5H2,1-3H3,(H,14,15). The van der Waals surface area contributed by atoms with Gasteiger partial charge in [0, 0.05) is 18.3 Å². The Morgan fingerprint density at radius 3 is 2.75 bits per heavy atom. The van der Waals surface area contributed by atoms with Gasteiger partial charge < -0.3 is 10.1 Å². The van der Waals surface area contributed by atoms with E-state index in [1.807, 2.05) is 12.1 Å². The van der Waals surface area contributed by atoms with E-state index >= 15 is 0 Å². The van der Waals surface area contributed by atoms with Crippen molar-refractivity contribution in [1.29, 1.82) is 0 Å². The predicted molar refractivity (Wildman–Crippen MR) is 65.8 cm³/mol. The van der Waals surface area contributed by atoms with Crippen LogP contribution in [0, 0.1) is 11.8 Å². The molecule has 1 N–H and O–H groups in total. The molecule has 1 aliphatic rings. The lowest BCUT2D eigenvalue weighted by Gasteiger charge is -2.22. The molecule has 1 unspecified atom stereocenters. The molecule has 1 aromatic rings. The summed E-state index contributed by atoms with van der Waals surface area (Å²) in [6.45, 7) is 4.52. The first-order chi connectivity index (χ1) is 7.70. The molecule has 1 heterocycles. The fraction of sp³-hybridized carbons (Fsp3) is 0.615. The van der Waals surface area contributed by atoms with Crippen molar-refractivity contribution < 1.29 is 4.74 Å². The van der Waals surface area contributed by atoms with Crippen molar-refractivity contribution in [2.45, 2.75) is 32.7 Å². The summed E-state index contributed by atoms with van der Waals surface area (Å²) in [5, 5.41) is 3.52. The summed E-state index contributed by atoms with van der Waals surface area (Å²) in [6.07, 6.45) is 4.48. The van der Waals surface area contributed by atoms with Crippen LogP contribution in [0.1, 0.15) is 26.7 Å². The van der Waals surface area contributed by atoms with E-state index < -0.39 is 0 Å². The zero-order valence-electron chi connectivity index (χ0n) is 10.2. The molecule has 0 aliphatic heterocycles. The number of aromatic nitrogens is 1. The first-order valence-electron chi connectivity index (χ1n) is 5.97. The molecule has 0 bridgehead atoms. The molecule has 1 atom stereocenters. The van der Waals surface area contributed by atoms with E-state index in [2.05, 4.69) is 24.1 Å². The third kappa shape index (κ3) is 2.65. The summed E-state index contributed by atoms with van der Waals surface area (Å²) in [7, 11) is 1.68. The van der Waals surface area contributed by atoms with Gasteiger partial charge in [-0.2, -0.15) is 0 Å². The molecule has 0 saturated heterocycles. The van der Waals surface area contributed by atoms with Crippen LogP contribution in [-0.4, -0.2) is 18.1 Å². The average molecular weight is 220 g/mol. The van der Waals surface area contributed by atoms with Crippen molar-refractivity contribution in [2.75, 3.05) is 12.4 Å². The molecule has 1 fully saturated rings. The number of hydrogen-bond acceptors (Lipinski definition) is 3. The highest BCUT2D eigenvalue weighted by Gasteiger charge is 2.33. The van der Waals surface area contributed by atoms with Crippen LogP contribution >= 0.6 is 0 Å². The number of nitrogens with one attached hydrogen (secondary N) is 1. The highest BCUT2D eigenvalue weighted by molar-refractivity contribution is 5.41. The Hall–Kier alpha value is -1.25. The van der Waals surface area contributed by atoms with Gasteiger partial charge in [0.2, 0.25) is 0 Å². The van der Waals surface area contributed by atoms with Gasteiger partial charge in [-0.25, -0.2) is 4.98 Å². The van der Waals surface area contributed by atoms with Crippen LogP contribution in [-0.2, 0) is 0 Å². The van der Waals surface area contributed by atoms with Crippen LogP contribution in [0.2, 0.25) is 0 Å². The Morgan fingerprint density at radius 2 is 2.19 bits per heavy atom. The second kappa shape index (κ2) is 4.73. The average Bonchev–Trinajstić information content (AvgIpc) is 3.10. The maximum atomic E-state index is 5.19. The molecule has 16 heavy (non-hydrogen) atoms. The van der Waals surface area contributed by atoms with Crippen molar-refractivity contribution in [2.24, 2.45) is 11.8 Å². The Labute approximate surface area is 97.2 Å². The number of anilines is 1. The Kier molecular flexibility index (Phi) is 3.32. The summed E-state index contributed by atoms with van der Waals surface area (Å²) in [4.78, 5) is 4.33. The summed E-state index contributed by atoms with van der Waals surface area (Å²) in [5.74, 6) is 3.24. The third-order valence-corrected chi connectivity index (χ3v) is 3.13. The molecule has 0 amide bonds. The lowest BCUT2D eigenvalue weighted by atomic mass is 9.99. The molecule has 1 saturated carbocycles. The zero-order valence-corrected chi connectivity index (χ0v) is 10.2. The van der Waals surface area contributed by atoms with Crippen LogP contribution in [0.15, 0.2) is 18.3 Å². The van der Waals surface area contributed by atoms with Crippen molar-refractivity contribution in [3.63, 3.8) is 0 Å². The van der Waals surface area contributed by atoms with Gasteiger partial charge in [-0.15, -0.1) is 0 Å². The summed E-state index contributed by atoms with van der Waals surface area (Å²) >= 11 is 0.